The average Bonchev–Trinajstić information content (AvgIpc) is 3.23. The molecular formula is C13H11ClFN5O. The molecular weight excluding hydrogens is 297 g/mol. The van der Waals surface area contributed by atoms with Crippen LogP contribution in [0.2, 0.25) is 5.15 Å². The molecule has 6 nitrogen and oxygen atoms in total. The van der Waals surface area contributed by atoms with Crippen molar-refractivity contribution in [3.8, 4) is 0 Å². The minimum atomic E-state index is -0.730. The molecule has 1 N–H and O–H groups in total. The summed E-state index contributed by atoms with van der Waals surface area (Å²) < 4.78 is 12.9. The highest BCUT2D eigenvalue weighted by molar-refractivity contribution is 6.29. The first-order valence-corrected chi connectivity index (χ1v) is 6.71. The molecule has 3 rings (SSSR count). The fourth-order valence-electron chi connectivity index (χ4n) is 2.03. The molecule has 1 aliphatic rings. The molecule has 2 aromatic rings. The Labute approximate surface area is 124 Å². The van der Waals surface area contributed by atoms with E-state index in [9.17, 15) is 9.18 Å². The Balaban J connectivity index is 1.66. The van der Waals surface area contributed by atoms with Crippen molar-refractivity contribution in [2.24, 2.45) is 5.92 Å². The summed E-state index contributed by atoms with van der Waals surface area (Å²) in [5, 5.41) is 2.19. The SMILES string of the molecule is Cc1ccnc(C2C[C@@H]2C(=O)Nc2ncc(F)c(Cl)n2)n1. The highest BCUT2D eigenvalue weighted by atomic mass is 35.5. The third-order valence-electron chi connectivity index (χ3n) is 3.21. The molecule has 0 bridgehead atoms. The van der Waals surface area contributed by atoms with Gasteiger partial charge in [-0.15, -0.1) is 0 Å². The Kier molecular flexibility index (Phi) is 3.50. The van der Waals surface area contributed by atoms with Gasteiger partial charge in [-0.2, -0.15) is 4.98 Å². The summed E-state index contributed by atoms with van der Waals surface area (Å²) in [4.78, 5) is 27.9. The lowest BCUT2D eigenvalue weighted by Crippen LogP contribution is -2.17. The van der Waals surface area contributed by atoms with Gasteiger partial charge in [-0.1, -0.05) is 11.6 Å². The predicted octanol–water partition coefficient (Wildman–Crippen LogP) is 2.11. The second kappa shape index (κ2) is 5.33. The number of aromatic nitrogens is 4. The molecule has 2 heterocycles. The van der Waals surface area contributed by atoms with Gasteiger partial charge in [0.1, 0.15) is 5.82 Å². The molecule has 1 unspecified atom stereocenters. The highest BCUT2D eigenvalue weighted by Gasteiger charge is 2.46. The lowest BCUT2D eigenvalue weighted by molar-refractivity contribution is -0.117. The van der Waals surface area contributed by atoms with Crippen molar-refractivity contribution in [3.63, 3.8) is 0 Å². The third-order valence-corrected chi connectivity index (χ3v) is 3.47. The van der Waals surface area contributed by atoms with Crippen LogP contribution in [-0.2, 0) is 4.79 Å². The lowest BCUT2D eigenvalue weighted by atomic mass is 10.2. The molecule has 0 aliphatic heterocycles. The second-order valence-corrected chi connectivity index (χ2v) is 5.18. The number of carbonyl (C=O) groups is 1. The largest absolute Gasteiger partial charge is 0.294 e. The van der Waals surface area contributed by atoms with Crippen molar-refractivity contribution >= 4 is 23.5 Å². The number of nitrogens with one attached hydrogen (secondary N) is 1. The first-order valence-electron chi connectivity index (χ1n) is 6.33. The number of hydrogen-bond acceptors (Lipinski definition) is 5. The Morgan fingerprint density at radius 2 is 2.24 bits per heavy atom. The quantitative estimate of drug-likeness (QED) is 0.878. The number of hydrogen-bond donors (Lipinski definition) is 1. The van der Waals surface area contributed by atoms with Gasteiger partial charge < -0.3 is 0 Å². The van der Waals surface area contributed by atoms with E-state index in [4.69, 9.17) is 11.6 Å². The Morgan fingerprint density at radius 3 is 2.95 bits per heavy atom. The van der Waals surface area contributed by atoms with Crippen molar-refractivity contribution in [2.75, 3.05) is 5.32 Å². The summed E-state index contributed by atoms with van der Waals surface area (Å²) in [6, 6.07) is 1.80. The van der Waals surface area contributed by atoms with Gasteiger partial charge in [0.05, 0.1) is 6.20 Å². The molecule has 108 valence electrons. The van der Waals surface area contributed by atoms with Crippen LogP contribution in [0.1, 0.15) is 23.9 Å². The molecule has 8 heteroatoms. The Morgan fingerprint density at radius 1 is 1.43 bits per heavy atom. The van der Waals surface area contributed by atoms with Crippen LogP contribution in [0.4, 0.5) is 10.3 Å². The number of rotatable bonds is 3. The molecule has 0 saturated heterocycles. The summed E-state index contributed by atoms with van der Waals surface area (Å²) in [5.74, 6) is -0.546. The Bertz CT molecular complexity index is 711. The number of amides is 1. The monoisotopic (exact) mass is 307 g/mol. The maximum Gasteiger partial charge on any atom is 0.231 e. The number of aryl methyl sites for hydroxylation is 1. The Hall–Kier alpha value is -2.15. The van der Waals surface area contributed by atoms with E-state index in [0.717, 1.165) is 11.9 Å². The van der Waals surface area contributed by atoms with Crippen LogP contribution >= 0.6 is 11.6 Å². The molecule has 1 amide bonds. The van der Waals surface area contributed by atoms with Crippen LogP contribution in [0.25, 0.3) is 0 Å². The zero-order valence-corrected chi connectivity index (χ0v) is 11.8. The van der Waals surface area contributed by atoms with Crippen molar-refractivity contribution in [1.29, 1.82) is 0 Å². The summed E-state index contributed by atoms with van der Waals surface area (Å²) in [6.45, 7) is 1.87. The van der Waals surface area contributed by atoms with E-state index >= 15 is 0 Å². The van der Waals surface area contributed by atoms with Crippen molar-refractivity contribution < 1.29 is 9.18 Å². The maximum absolute atomic E-state index is 12.9. The molecule has 0 aromatic carbocycles. The normalized spacial score (nSPS) is 20.1. The van der Waals surface area contributed by atoms with E-state index in [2.05, 4.69) is 25.3 Å². The van der Waals surface area contributed by atoms with Gasteiger partial charge in [0.15, 0.2) is 11.0 Å². The van der Waals surface area contributed by atoms with Crippen LogP contribution < -0.4 is 5.32 Å². The molecule has 0 radical (unpaired) electrons. The van der Waals surface area contributed by atoms with Crippen LogP contribution in [0.3, 0.4) is 0 Å². The maximum atomic E-state index is 12.9. The smallest absolute Gasteiger partial charge is 0.231 e. The van der Waals surface area contributed by atoms with Gasteiger partial charge in [-0.05, 0) is 19.4 Å². The van der Waals surface area contributed by atoms with Gasteiger partial charge in [0, 0.05) is 23.7 Å². The van der Waals surface area contributed by atoms with Gasteiger partial charge in [0.25, 0.3) is 0 Å². The zero-order chi connectivity index (χ0) is 15.0. The first kappa shape index (κ1) is 13.8. The lowest BCUT2D eigenvalue weighted by Gasteiger charge is -2.03. The molecule has 1 fully saturated rings. The fourth-order valence-corrected chi connectivity index (χ4v) is 2.16. The van der Waals surface area contributed by atoms with Crippen LogP contribution in [0.15, 0.2) is 18.5 Å². The van der Waals surface area contributed by atoms with Gasteiger partial charge in [0.2, 0.25) is 11.9 Å². The molecule has 21 heavy (non-hydrogen) atoms. The minimum absolute atomic E-state index is 0.000760. The zero-order valence-electron chi connectivity index (χ0n) is 11.0. The number of nitrogens with zero attached hydrogens (tertiary/aromatic N) is 4. The van der Waals surface area contributed by atoms with Crippen molar-refractivity contribution in [1.82, 2.24) is 19.9 Å². The average molecular weight is 308 g/mol. The van der Waals surface area contributed by atoms with E-state index < -0.39 is 5.82 Å². The van der Waals surface area contributed by atoms with Gasteiger partial charge in [-0.25, -0.2) is 19.3 Å². The van der Waals surface area contributed by atoms with Crippen LogP contribution in [-0.4, -0.2) is 25.8 Å². The molecule has 2 aromatic heterocycles. The fraction of sp³-hybridized carbons (Fsp3) is 0.308. The van der Waals surface area contributed by atoms with Crippen molar-refractivity contribution in [3.05, 3.63) is 40.9 Å². The van der Waals surface area contributed by atoms with E-state index in [-0.39, 0.29) is 28.8 Å². The standard InChI is InChI=1S/C13H11ClFN5O/c1-6-2-3-16-11(18-6)7-4-8(7)12(21)20-13-17-5-9(15)10(14)19-13/h2-3,5,7-8H,4H2,1H3,(H,17,19,20,21)/t7?,8-/m0/s1. The molecule has 1 saturated carbocycles. The predicted molar refractivity (Wildman–Crippen MR) is 73.2 cm³/mol. The highest BCUT2D eigenvalue weighted by Crippen LogP contribution is 2.46. The van der Waals surface area contributed by atoms with Gasteiger partial charge >= 0.3 is 0 Å². The summed E-state index contributed by atoms with van der Waals surface area (Å²) in [6.07, 6.45) is 3.26. The number of anilines is 1. The number of carbonyl (C=O) groups excluding carboxylic acids is 1. The van der Waals surface area contributed by atoms with Crippen molar-refractivity contribution in [2.45, 2.75) is 19.3 Å². The molecule has 2 atom stereocenters. The summed E-state index contributed by atoms with van der Waals surface area (Å²) in [7, 11) is 0. The minimum Gasteiger partial charge on any atom is -0.294 e. The van der Waals surface area contributed by atoms with Crippen LogP contribution in [0, 0.1) is 18.7 Å². The van der Waals surface area contributed by atoms with E-state index in [0.29, 0.717) is 12.2 Å². The number of halogens is 2. The first-order chi connectivity index (χ1) is 10.0. The molecule has 1 aliphatic carbocycles. The molecule has 0 spiro atoms. The second-order valence-electron chi connectivity index (χ2n) is 4.83. The van der Waals surface area contributed by atoms with E-state index in [1.165, 1.54) is 0 Å². The third kappa shape index (κ3) is 2.97. The topological polar surface area (TPSA) is 80.7 Å². The van der Waals surface area contributed by atoms with E-state index in [1.807, 2.05) is 6.92 Å². The van der Waals surface area contributed by atoms with Gasteiger partial charge in [-0.3, -0.25) is 10.1 Å². The van der Waals surface area contributed by atoms with Crippen LogP contribution in [0.5, 0.6) is 0 Å². The summed E-state index contributed by atoms with van der Waals surface area (Å²) in [5.41, 5.74) is 0.861. The van der Waals surface area contributed by atoms with E-state index in [1.54, 1.807) is 12.3 Å². The summed E-state index contributed by atoms with van der Waals surface area (Å²) >= 11 is 5.54.